The number of nitrogens with zero attached hydrogens (tertiary/aromatic N) is 1. The zero-order valence-corrected chi connectivity index (χ0v) is 13.5. The van der Waals surface area contributed by atoms with E-state index >= 15 is 0 Å². The van der Waals surface area contributed by atoms with E-state index in [9.17, 15) is 0 Å². The van der Waals surface area contributed by atoms with E-state index in [1.807, 2.05) is 18.2 Å². The van der Waals surface area contributed by atoms with Gasteiger partial charge in [-0.15, -0.1) is 0 Å². The fourth-order valence-electron chi connectivity index (χ4n) is 1.65. The normalized spacial score (nSPS) is 19.9. The second kappa shape index (κ2) is 6.25. The van der Waals surface area contributed by atoms with Crippen molar-refractivity contribution < 1.29 is 0 Å². The summed E-state index contributed by atoms with van der Waals surface area (Å²) in [6, 6.07) is 6.53. The zero-order chi connectivity index (χ0) is 12.3. The molecule has 0 bridgehead atoms. The molecule has 1 aromatic carbocycles. The number of hydrogen-bond donors (Lipinski definition) is 1. The Kier molecular flexibility index (Phi) is 4.94. The molecule has 5 heteroatoms. The van der Waals surface area contributed by atoms with Crippen LogP contribution in [0.2, 0.25) is 0 Å². The molecular weight excluding hydrogens is 364 g/mol. The number of hydrogen-bond acceptors (Lipinski definition) is 3. The van der Waals surface area contributed by atoms with Crippen LogP contribution >= 0.6 is 43.6 Å². The summed E-state index contributed by atoms with van der Waals surface area (Å²) < 4.78 is 2.10. The topological polar surface area (TPSA) is 24.4 Å². The average Bonchev–Trinajstić information content (AvgIpc) is 2.34. The Bertz CT molecular complexity index is 414. The van der Waals surface area contributed by atoms with Crippen molar-refractivity contribution in [3.63, 3.8) is 0 Å². The minimum atomic E-state index is 0.472. The van der Waals surface area contributed by atoms with Crippen LogP contribution in [0.5, 0.6) is 0 Å². The summed E-state index contributed by atoms with van der Waals surface area (Å²) in [5, 5.41) is 4.42. The van der Waals surface area contributed by atoms with Gasteiger partial charge in [0, 0.05) is 14.7 Å². The molecule has 1 aromatic rings. The summed E-state index contributed by atoms with van der Waals surface area (Å²) >= 11 is 8.89. The van der Waals surface area contributed by atoms with Crippen molar-refractivity contribution in [2.45, 2.75) is 25.8 Å². The van der Waals surface area contributed by atoms with Gasteiger partial charge in [-0.1, -0.05) is 24.8 Å². The number of benzene rings is 1. The molecule has 0 aromatic heterocycles. The lowest BCUT2D eigenvalue weighted by Gasteiger charge is -2.20. The lowest BCUT2D eigenvalue weighted by atomic mass is 10.2. The Labute approximate surface area is 123 Å². The van der Waals surface area contributed by atoms with Gasteiger partial charge >= 0.3 is 0 Å². The van der Waals surface area contributed by atoms with Crippen molar-refractivity contribution in [3.8, 4) is 0 Å². The standard InChI is InChI=1S/C12H14Br2N2S/c1-2-8-6-7-17-12(15-8)16-11-9(13)4-3-5-10(11)14/h3-5,8H,2,6-7H2,1H3,(H,15,16). The van der Waals surface area contributed by atoms with Crippen LogP contribution in [0.4, 0.5) is 5.69 Å². The summed E-state index contributed by atoms with van der Waals surface area (Å²) in [5.74, 6) is 1.15. The summed E-state index contributed by atoms with van der Waals surface area (Å²) in [5.41, 5.74) is 1.05. The fourth-order valence-corrected chi connectivity index (χ4v) is 3.83. The van der Waals surface area contributed by atoms with E-state index in [4.69, 9.17) is 4.99 Å². The molecule has 17 heavy (non-hydrogen) atoms. The van der Waals surface area contributed by atoms with Gasteiger partial charge in [0.2, 0.25) is 0 Å². The van der Waals surface area contributed by atoms with Crippen LogP contribution in [0.1, 0.15) is 19.8 Å². The van der Waals surface area contributed by atoms with Crippen LogP contribution in [0, 0.1) is 0 Å². The number of anilines is 1. The molecule has 0 aliphatic carbocycles. The second-order valence-corrected chi connectivity index (χ2v) is 6.65. The first-order valence-corrected chi connectivity index (χ1v) is 8.19. The van der Waals surface area contributed by atoms with Gasteiger partial charge in [0.25, 0.3) is 0 Å². The fraction of sp³-hybridized carbons (Fsp3) is 0.417. The van der Waals surface area contributed by atoms with Gasteiger partial charge in [0.05, 0.1) is 11.7 Å². The molecule has 1 atom stereocenters. The molecule has 0 radical (unpaired) electrons. The molecule has 2 nitrogen and oxygen atoms in total. The van der Waals surface area contributed by atoms with Gasteiger partial charge in [-0.3, -0.25) is 4.99 Å². The van der Waals surface area contributed by atoms with Gasteiger partial charge in [-0.25, -0.2) is 0 Å². The first kappa shape index (κ1) is 13.4. The number of nitrogens with one attached hydrogen (secondary N) is 1. The Hall–Kier alpha value is -0.000000000000000111. The van der Waals surface area contributed by atoms with E-state index in [-0.39, 0.29) is 0 Å². The maximum Gasteiger partial charge on any atom is 0.161 e. The highest BCUT2D eigenvalue weighted by atomic mass is 79.9. The van der Waals surface area contributed by atoms with Crippen molar-refractivity contribution >= 4 is 54.5 Å². The smallest absolute Gasteiger partial charge is 0.161 e. The highest BCUT2D eigenvalue weighted by molar-refractivity contribution is 9.11. The Morgan fingerprint density at radius 3 is 2.76 bits per heavy atom. The molecule has 0 saturated carbocycles. The van der Waals surface area contributed by atoms with Crippen molar-refractivity contribution in [1.29, 1.82) is 0 Å². The van der Waals surface area contributed by atoms with Crippen LogP contribution < -0.4 is 5.32 Å². The van der Waals surface area contributed by atoms with Crippen LogP contribution in [0.25, 0.3) is 0 Å². The first-order valence-electron chi connectivity index (χ1n) is 5.62. The molecule has 1 unspecified atom stereocenters. The highest BCUT2D eigenvalue weighted by Gasteiger charge is 2.15. The van der Waals surface area contributed by atoms with Crippen LogP contribution in [-0.4, -0.2) is 17.0 Å². The van der Waals surface area contributed by atoms with Crippen molar-refractivity contribution in [1.82, 2.24) is 0 Å². The second-order valence-electron chi connectivity index (χ2n) is 3.86. The number of thioether (sulfide) groups is 1. The zero-order valence-electron chi connectivity index (χ0n) is 9.54. The molecule has 1 aliphatic heterocycles. The molecule has 92 valence electrons. The Morgan fingerprint density at radius 1 is 1.41 bits per heavy atom. The lowest BCUT2D eigenvalue weighted by Crippen LogP contribution is -2.19. The summed E-state index contributed by atoms with van der Waals surface area (Å²) in [7, 11) is 0. The first-order chi connectivity index (χ1) is 8.20. The van der Waals surface area contributed by atoms with Crippen molar-refractivity contribution in [2.75, 3.05) is 11.1 Å². The number of aliphatic imine (C=N–C) groups is 1. The highest BCUT2D eigenvalue weighted by Crippen LogP contribution is 2.32. The van der Waals surface area contributed by atoms with Gasteiger partial charge in [0.15, 0.2) is 5.17 Å². The maximum absolute atomic E-state index is 4.70. The van der Waals surface area contributed by atoms with Crippen molar-refractivity contribution in [3.05, 3.63) is 27.1 Å². The van der Waals surface area contributed by atoms with Crippen LogP contribution in [0.3, 0.4) is 0 Å². The monoisotopic (exact) mass is 376 g/mol. The van der Waals surface area contributed by atoms with Gasteiger partial charge < -0.3 is 5.32 Å². The molecule has 0 spiro atoms. The number of amidine groups is 1. The van der Waals surface area contributed by atoms with E-state index in [0.717, 1.165) is 32.0 Å². The largest absolute Gasteiger partial charge is 0.333 e. The average molecular weight is 378 g/mol. The Morgan fingerprint density at radius 2 is 2.12 bits per heavy atom. The third-order valence-electron chi connectivity index (χ3n) is 2.66. The molecular formula is C12H14Br2N2S. The van der Waals surface area contributed by atoms with E-state index in [1.54, 1.807) is 11.8 Å². The minimum Gasteiger partial charge on any atom is -0.333 e. The van der Waals surface area contributed by atoms with E-state index in [1.165, 1.54) is 6.42 Å². The molecule has 1 heterocycles. The predicted molar refractivity (Wildman–Crippen MR) is 84.1 cm³/mol. The maximum atomic E-state index is 4.70. The SMILES string of the molecule is CCC1CCSC(Nc2c(Br)cccc2Br)=N1. The van der Waals surface area contributed by atoms with E-state index in [2.05, 4.69) is 44.1 Å². The van der Waals surface area contributed by atoms with Crippen LogP contribution in [0.15, 0.2) is 32.1 Å². The summed E-state index contributed by atoms with van der Waals surface area (Å²) in [6.45, 7) is 2.19. The predicted octanol–water partition coefficient (Wildman–Crippen LogP) is 4.90. The van der Waals surface area contributed by atoms with Gasteiger partial charge in [0.1, 0.15) is 0 Å². The third-order valence-corrected chi connectivity index (χ3v) is 4.90. The minimum absolute atomic E-state index is 0.472. The number of rotatable bonds is 2. The number of para-hydroxylation sites is 1. The van der Waals surface area contributed by atoms with Gasteiger partial charge in [-0.05, 0) is 56.8 Å². The quantitative estimate of drug-likeness (QED) is 0.792. The van der Waals surface area contributed by atoms with Crippen molar-refractivity contribution in [2.24, 2.45) is 4.99 Å². The molecule has 0 fully saturated rings. The van der Waals surface area contributed by atoms with E-state index in [0.29, 0.717) is 6.04 Å². The Balaban J connectivity index is 2.18. The van der Waals surface area contributed by atoms with Gasteiger partial charge in [-0.2, -0.15) is 0 Å². The molecule has 1 aliphatic rings. The summed E-state index contributed by atoms with van der Waals surface area (Å²) in [4.78, 5) is 4.70. The molecule has 0 amide bonds. The lowest BCUT2D eigenvalue weighted by molar-refractivity contribution is 0.634. The molecule has 0 saturated heterocycles. The third kappa shape index (κ3) is 3.48. The molecule has 1 N–H and O–H groups in total. The van der Waals surface area contributed by atoms with Crippen LogP contribution in [-0.2, 0) is 0 Å². The van der Waals surface area contributed by atoms with E-state index < -0.39 is 0 Å². The molecule has 2 rings (SSSR count). The summed E-state index contributed by atoms with van der Waals surface area (Å²) in [6.07, 6.45) is 2.30. The number of halogens is 2.